The molecule has 0 atom stereocenters. The van der Waals surface area contributed by atoms with Gasteiger partial charge in [0.2, 0.25) is 5.91 Å². The maximum Gasteiger partial charge on any atom is 0.254 e. The first kappa shape index (κ1) is 23.4. The zero-order valence-electron chi connectivity index (χ0n) is 20.3. The number of hydrogen-bond donors (Lipinski definition) is 1. The van der Waals surface area contributed by atoms with Crippen molar-refractivity contribution in [3.05, 3.63) is 52.3 Å². The second-order valence-electron chi connectivity index (χ2n) is 9.15. The van der Waals surface area contributed by atoms with E-state index in [1.54, 1.807) is 13.2 Å². The number of likely N-dealkylation sites (N-methyl/N-ethyl adjacent to an activating group) is 1. The molecule has 0 aliphatic carbocycles. The van der Waals surface area contributed by atoms with Crippen LogP contribution in [-0.4, -0.2) is 45.1 Å². The van der Waals surface area contributed by atoms with Gasteiger partial charge >= 0.3 is 0 Å². The summed E-state index contributed by atoms with van der Waals surface area (Å²) in [5.41, 5.74) is 5.99. The minimum absolute atomic E-state index is 0.0509. The number of carbonyl (C=O) groups excluding carboxylic acids is 2. The van der Waals surface area contributed by atoms with Crippen LogP contribution in [0.4, 0.5) is 5.69 Å². The van der Waals surface area contributed by atoms with Crippen molar-refractivity contribution in [1.29, 1.82) is 0 Å². The summed E-state index contributed by atoms with van der Waals surface area (Å²) in [6.07, 6.45) is 1.69. The molecule has 0 saturated carbocycles. The number of benzene rings is 1. The Morgan fingerprint density at radius 1 is 1.06 bits per heavy atom. The number of hydrogen-bond acceptors (Lipinski definition) is 4. The summed E-state index contributed by atoms with van der Waals surface area (Å²) in [5.74, 6) is -0.305. The zero-order chi connectivity index (χ0) is 23.7. The predicted octanol–water partition coefficient (Wildman–Crippen LogP) is 4.77. The standard InChI is InChI=1S/C25H33N5O2/c1-14(2)21-11-19(20-12-26-30(15(3)4)24(20)27-21)25(32)29(8)13-22(31)28-23-17(6)9-16(5)10-18(23)7/h9-12,14-15H,13H2,1-8H3,(H,28,31). The molecule has 2 heterocycles. The number of amides is 2. The molecule has 3 aromatic rings. The average Bonchev–Trinajstić information content (AvgIpc) is 3.13. The topological polar surface area (TPSA) is 80.1 Å². The van der Waals surface area contributed by atoms with Crippen LogP contribution in [0.3, 0.4) is 0 Å². The molecule has 0 spiro atoms. The van der Waals surface area contributed by atoms with E-state index in [1.165, 1.54) is 4.90 Å². The third-order valence-electron chi connectivity index (χ3n) is 5.57. The Kier molecular flexibility index (Phi) is 6.67. The number of carbonyl (C=O) groups is 2. The summed E-state index contributed by atoms with van der Waals surface area (Å²) in [6.45, 7) is 14.1. The fraction of sp³-hybridized carbons (Fsp3) is 0.440. The molecule has 0 unspecified atom stereocenters. The largest absolute Gasteiger partial charge is 0.332 e. The maximum atomic E-state index is 13.4. The first-order chi connectivity index (χ1) is 15.0. The highest BCUT2D eigenvalue weighted by Crippen LogP contribution is 2.26. The number of aryl methyl sites for hydroxylation is 3. The lowest BCUT2D eigenvalue weighted by Crippen LogP contribution is -2.35. The quantitative estimate of drug-likeness (QED) is 0.605. The number of pyridine rings is 1. The third-order valence-corrected chi connectivity index (χ3v) is 5.57. The van der Waals surface area contributed by atoms with Crippen LogP contribution in [0.5, 0.6) is 0 Å². The summed E-state index contributed by atoms with van der Waals surface area (Å²) in [4.78, 5) is 32.3. The minimum Gasteiger partial charge on any atom is -0.332 e. The highest BCUT2D eigenvalue weighted by Gasteiger charge is 2.22. The normalized spacial score (nSPS) is 11.4. The Morgan fingerprint density at radius 3 is 2.25 bits per heavy atom. The Labute approximate surface area is 189 Å². The number of rotatable bonds is 6. The van der Waals surface area contributed by atoms with E-state index in [2.05, 4.69) is 10.4 Å². The number of nitrogens with zero attached hydrogens (tertiary/aromatic N) is 4. The van der Waals surface area contributed by atoms with Gasteiger partial charge in [-0.1, -0.05) is 31.5 Å². The zero-order valence-corrected chi connectivity index (χ0v) is 20.3. The van der Waals surface area contributed by atoms with Crippen molar-refractivity contribution < 1.29 is 9.59 Å². The van der Waals surface area contributed by atoms with Crippen LogP contribution in [-0.2, 0) is 4.79 Å². The van der Waals surface area contributed by atoms with Crippen LogP contribution in [0, 0.1) is 20.8 Å². The van der Waals surface area contributed by atoms with Gasteiger partial charge in [-0.05, 0) is 57.7 Å². The molecule has 0 fully saturated rings. The second kappa shape index (κ2) is 9.10. The molecule has 0 aliphatic heterocycles. The van der Waals surface area contributed by atoms with Gasteiger partial charge in [-0.2, -0.15) is 5.10 Å². The van der Waals surface area contributed by atoms with E-state index >= 15 is 0 Å². The van der Waals surface area contributed by atoms with Crippen molar-refractivity contribution in [2.45, 2.75) is 60.4 Å². The summed E-state index contributed by atoms with van der Waals surface area (Å²) >= 11 is 0. The number of aromatic nitrogens is 3. The molecular formula is C25H33N5O2. The lowest BCUT2D eigenvalue weighted by molar-refractivity contribution is -0.116. The summed E-state index contributed by atoms with van der Waals surface area (Å²) < 4.78 is 1.83. The number of nitrogens with one attached hydrogen (secondary N) is 1. The molecule has 0 radical (unpaired) electrons. The first-order valence-electron chi connectivity index (χ1n) is 11.0. The van der Waals surface area contributed by atoms with Crippen LogP contribution >= 0.6 is 0 Å². The summed E-state index contributed by atoms with van der Waals surface area (Å²) in [7, 11) is 1.64. The van der Waals surface area contributed by atoms with Crippen molar-refractivity contribution >= 4 is 28.5 Å². The predicted molar refractivity (Wildman–Crippen MR) is 128 cm³/mol. The van der Waals surface area contributed by atoms with Crippen molar-refractivity contribution in [3.63, 3.8) is 0 Å². The molecule has 0 saturated heterocycles. The molecule has 1 N–H and O–H groups in total. The third kappa shape index (κ3) is 4.66. The van der Waals surface area contributed by atoms with Crippen LogP contribution in [0.15, 0.2) is 24.4 Å². The lowest BCUT2D eigenvalue weighted by Gasteiger charge is -2.20. The Hall–Kier alpha value is -3.22. The summed E-state index contributed by atoms with van der Waals surface area (Å²) in [5, 5.41) is 8.11. The molecule has 2 aromatic heterocycles. The van der Waals surface area contributed by atoms with Crippen LogP contribution in [0.1, 0.15) is 72.4 Å². The van der Waals surface area contributed by atoms with E-state index in [0.29, 0.717) is 16.6 Å². The highest BCUT2D eigenvalue weighted by atomic mass is 16.2. The van der Waals surface area contributed by atoms with Gasteiger partial charge in [0, 0.05) is 24.5 Å². The van der Waals surface area contributed by atoms with E-state index in [4.69, 9.17) is 4.98 Å². The Balaban J connectivity index is 1.88. The van der Waals surface area contributed by atoms with Gasteiger partial charge in [-0.25, -0.2) is 9.67 Å². The first-order valence-corrected chi connectivity index (χ1v) is 11.0. The number of anilines is 1. The molecule has 2 amide bonds. The SMILES string of the molecule is Cc1cc(C)c(NC(=O)CN(C)C(=O)c2cc(C(C)C)nc3c2cnn3C(C)C)c(C)c1. The van der Waals surface area contributed by atoms with Crippen LogP contribution < -0.4 is 5.32 Å². The van der Waals surface area contributed by atoms with E-state index < -0.39 is 0 Å². The fourth-order valence-electron chi connectivity index (χ4n) is 3.94. The Morgan fingerprint density at radius 2 is 1.69 bits per heavy atom. The molecule has 0 bridgehead atoms. The van der Waals surface area contributed by atoms with Crippen molar-refractivity contribution in [2.75, 3.05) is 18.9 Å². The monoisotopic (exact) mass is 435 g/mol. The van der Waals surface area contributed by atoms with Crippen molar-refractivity contribution in [2.24, 2.45) is 0 Å². The van der Waals surface area contributed by atoms with E-state index in [1.807, 2.05) is 71.3 Å². The van der Waals surface area contributed by atoms with Gasteiger partial charge in [0.1, 0.15) is 0 Å². The van der Waals surface area contributed by atoms with E-state index in [-0.39, 0.29) is 30.3 Å². The molecule has 0 aliphatic rings. The van der Waals surface area contributed by atoms with Gasteiger partial charge in [0.05, 0.1) is 23.7 Å². The smallest absolute Gasteiger partial charge is 0.254 e. The molecule has 170 valence electrons. The average molecular weight is 436 g/mol. The van der Waals surface area contributed by atoms with Gasteiger partial charge in [0.25, 0.3) is 5.91 Å². The van der Waals surface area contributed by atoms with Gasteiger partial charge in [-0.15, -0.1) is 0 Å². The molecule has 1 aromatic carbocycles. The molecule has 7 heteroatoms. The fourth-order valence-corrected chi connectivity index (χ4v) is 3.94. The van der Waals surface area contributed by atoms with Crippen LogP contribution in [0.2, 0.25) is 0 Å². The lowest BCUT2D eigenvalue weighted by atomic mass is 10.0. The van der Waals surface area contributed by atoms with Gasteiger partial charge < -0.3 is 10.2 Å². The van der Waals surface area contributed by atoms with E-state index in [9.17, 15) is 9.59 Å². The van der Waals surface area contributed by atoms with Gasteiger partial charge in [-0.3, -0.25) is 9.59 Å². The Bertz CT molecular complexity index is 1150. The maximum absolute atomic E-state index is 13.4. The second-order valence-corrected chi connectivity index (χ2v) is 9.15. The van der Waals surface area contributed by atoms with Gasteiger partial charge in [0.15, 0.2) is 5.65 Å². The molecular weight excluding hydrogens is 402 g/mol. The van der Waals surface area contributed by atoms with Crippen molar-refractivity contribution in [3.8, 4) is 0 Å². The van der Waals surface area contributed by atoms with Crippen LogP contribution in [0.25, 0.3) is 11.0 Å². The molecule has 7 nitrogen and oxygen atoms in total. The summed E-state index contributed by atoms with van der Waals surface area (Å²) in [6, 6.07) is 6.01. The number of fused-ring (bicyclic) bond motifs is 1. The highest BCUT2D eigenvalue weighted by molar-refractivity contribution is 6.07. The van der Waals surface area contributed by atoms with E-state index in [0.717, 1.165) is 28.1 Å². The molecule has 32 heavy (non-hydrogen) atoms. The minimum atomic E-state index is -0.233. The molecule has 3 rings (SSSR count). The van der Waals surface area contributed by atoms with Crippen molar-refractivity contribution in [1.82, 2.24) is 19.7 Å².